The summed E-state index contributed by atoms with van der Waals surface area (Å²) in [5, 5.41) is 0.720. The van der Waals surface area contributed by atoms with Crippen LogP contribution in [0.3, 0.4) is 0 Å². The van der Waals surface area contributed by atoms with Crippen molar-refractivity contribution in [2.24, 2.45) is 0 Å². The van der Waals surface area contributed by atoms with E-state index in [1.807, 2.05) is 18.3 Å². The van der Waals surface area contributed by atoms with E-state index >= 15 is 0 Å². The van der Waals surface area contributed by atoms with Crippen LogP contribution >= 0.6 is 22.9 Å². The van der Waals surface area contributed by atoms with Crippen molar-refractivity contribution in [2.75, 3.05) is 26.7 Å². The van der Waals surface area contributed by atoms with E-state index < -0.39 is 0 Å². The summed E-state index contributed by atoms with van der Waals surface area (Å²) in [5.74, 6) is -0.186. The number of aryl methyl sites for hydroxylation is 1. The van der Waals surface area contributed by atoms with Crippen molar-refractivity contribution >= 4 is 45.0 Å². The smallest absolute Gasteiger partial charge is 0.230 e. The van der Waals surface area contributed by atoms with Crippen molar-refractivity contribution in [3.8, 4) is 11.1 Å². The van der Waals surface area contributed by atoms with E-state index in [0.29, 0.717) is 25.4 Å². The standard InChI is InChI=1S/C26H29ClN4O2S/c1-16-10-18(27)11-21(22(16)15-30-9-8-29(3)13-17(30)2)20-6-7-28-23-12-19(34-26(20)23)14-31-24(32)4-5-25(31)33/h6-7,10-12,17H,4-5,8-9,13-15H2,1-3H3/t17-/m0/s1. The third-order valence-corrected chi connectivity index (χ3v) is 8.35. The number of aromatic nitrogens is 1. The molecular formula is C26H29ClN4O2S. The summed E-state index contributed by atoms with van der Waals surface area (Å²) in [4.78, 5) is 36.1. The first-order chi connectivity index (χ1) is 16.3. The quantitative estimate of drug-likeness (QED) is 0.479. The predicted octanol–water partition coefficient (Wildman–Crippen LogP) is 4.71. The second-order valence-electron chi connectivity index (χ2n) is 9.49. The molecule has 3 aromatic rings. The molecule has 2 fully saturated rings. The lowest BCUT2D eigenvalue weighted by molar-refractivity contribution is -0.138. The molecule has 2 amide bonds. The van der Waals surface area contributed by atoms with E-state index in [2.05, 4.69) is 47.8 Å². The number of nitrogens with zero attached hydrogens (tertiary/aromatic N) is 4. The van der Waals surface area contributed by atoms with Gasteiger partial charge in [-0.3, -0.25) is 24.4 Å². The van der Waals surface area contributed by atoms with Crippen LogP contribution in [0.4, 0.5) is 0 Å². The fourth-order valence-electron chi connectivity index (χ4n) is 5.07. The van der Waals surface area contributed by atoms with Crippen LogP contribution < -0.4 is 0 Å². The minimum absolute atomic E-state index is 0.0929. The molecule has 2 aromatic heterocycles. The van der Waals surface area contributed by atoms with Crippen LogP contribution in [0.15, 0.2) is 30.5 Å². The largest absolute Gasteiger partial charge is 0.304 e. The van der Waals surface area contributed by atoms with Crippen LogP contribution in [-0.4, -0.2) is 64.2 Å². The molecule has 2 aliphatic heterocycles. The first-order valence-corrected chi connectivity index (χ1v) is 12.9. The molecule has 1 aromatic carbocycles. The van der Waals surface area contributed by atoms with Crippen LogP contribution in [-0.2, 0) is 22.7 Å². The molecule has 4 heterocycles. The average Bonchev–Trinajstić information content (AvgIpc) is 3.34. The number of rotatable bonds is 5. The monoisotopic (exact) mass is 496 g/mol. The number of likely N-dealkylation sites (tertiary alicyclic amines) is 1. The lowest BCUT2D eigenvalue weighted by Gasteiger charge is -2.38. The number of imide groups is 1. The number of fused-ring (bicyclic) bond motifs is 1. The summed E-state index contributed by atoms with van der Waals surface area (Å²) in [7, 11) is 2.18. The van der Waals surface area contributed by atoms with Gasteiger partial charge in [0.1, 0.15) is 0 Å². The second kappa shape index (κ2) is 9.38. The van der Waals surface area contributed by atoms with Gasteiger partial charge < -0.3 is 4.90 Å². The Kier molecular flexibility index (Phi) is 6.46. The summed E-state index contributed by atoms with van der Waals surface area (Å²) < 4.78 is 1.06. The molecule has 0 N–H and O–H groups in total. The highest BCUT2D eigenvalue weighted by Crippen LogP contribution is 2.39. The number of carbonyl (C=O) groups is 2. The molecule has 0 radical (unpaired) electrons. The highest BCUT2D eigenvalue weighted by molar-refractivity contribution is 7.19. The third-order valence-electron chi connectivity index (χ3n) is 6.99. The number of hydrogen-bond donors (Lipinski definition) is 0. The molecule has 6 nitrogen and oxygen atoms in total. The van der Waals surface area contributed by atoms with Crippen molar-refractivity contribution in [1.82, 2.24) is 19.7 Å². The number of benzene rings is 1. The van der Waals surface area contributed by atoms with Gasteiger partial charge in [0, 0.05) is 66.7 Å². The van der Waals surface area contributed by atoms with E-state index in [1.54, 1.807) is 11.3 Å². The molecule has 5 rings (SSSR count). The van der Waals surface area contributed by atoms with Gasteiger partial charge >= 0.3 is 0 Å². The van der Waals surface area contributed by atoms with Gasteiger partial charge in [0.05, 0.1) is 16.8 Å². The number of pyridine rings is 1. The van der Waals surface area contributed by atoms with Gasteiger partial charge in [-0.1, -0.05) is 11.6 Å². The first kappa shape index (κ1) is 23.4. The maximum absolute atomic E-state index is 12.1. The Bertz CT molecular complexity index is 1260. The minimum atomic E-state index is -0.0929. The summed E-state index contributed by atoms with van der Waals surface area (Å²) in [5.41, 5.74) is 5.58. The molecule has 0 spiro atoms. The molecule has 2 saturated heterocycles. The van der Waals surface area contributed by atoms with Gasteiger partial charge in [0.2, 0.25) is 11.8 Å². The van der Waals surface area contributed by atoms with E-state index in [-0.39, 0.29) is 11.8 Å². The minimum Gasteiger partial charge on any atom is -0.304 e. The van der Waals surface area contributed by atoms with Gasteiger partial charge in [-0.15, -0.1) is 11.3 Å². The van der Waals surface area contributed by atoms with E-state index in [9.17, 15) is 9.59 Å². The fourth-order valence-corrected chi connectivity index (χ4v) is 6.47. The Morgan fingerprint density at radius 1 is 1.09 bits per heavy atom. The Labute approximate surface area is 209 Å². The van der Waals surface area contributed by atoms with Crippen molar-refractivity contribution in [3.05, 3.63) is 51.5 Å². The summed E-state index contributed by atoms with van der Waals surface area (Å²) in [6.45, 7) is 8.76. The fraction of sp³-hybridized carbons (Fsp3) is 0.423. The van der Waals surface area contributed by atoms with Gasteiger partial charge in [-0.05, 0) is 61.9 Å². The summed E-state index contributed by atoms with van der Waals surface area (Å²) in [6.07, 6.45) is 2.45. The molecule has 8 heteroatoms. The van der Waals surface area contributed by atoms with E-state index in [0.717, 1.165) is 57.4 Å². The van der Waals surface area contributed by atoms with Gasteiger partial charge in [0.15, 0.2) is 0 Å². The Balaban J connectivity index is 1.53. The molecule has 0 unspecified atom stereocenters. The van der Waals surface area contributed by atoms with Crippen LogP contribution in [0.25, 0.3) is 21.3 Å². The summed E-state index contributed by atoms with van der Waals surface area (Å²) >= 11 is 8.16. The molecule has 0 bridgehead atoms. The normalized spacial score (nSPS) is 20.1. The predicted molar refractivity (Wildman–Crippen MR) is 137 cm³/mol. The number of piperazine rings is 1. The summed E-state index contributed by atoms with van der Waals surface area (Å²) in [6, 6.07) is 8.64. The first-order valence-electron chi connectivity index (χ1n) is 11.7. The number of amides is 2. The number of hydrogen-bond acceptors (Lipinski definition) is 6. The molecule has 178 valence electrons. The van der Waals surface area contributed by atoms with Crippen molar-refractivity contribution in [1.29, 1.82) is 0 Å². The lowest BCUT2D eigenvalue weighted by Crippen LogP contribution is -2.49. The van der Waals surface area contributed by atoms with Gasteiger partial charge in [-0.25, -0.2) is 0 Å². The maximum Gasteiger partial charge on any atom is 0.230 e. The number of halogens is 1. The molecule has 0 saturated carbocycles. The maximum atomic E-state index is 12.1. The number of carbonyl (C=O) groups excluding carboxylic acids is 2. The SMILES string of the molecule is Cc1cc(Cl)cc(-c2ccnc3cc(CN4C(=O)CCC4=O)sc23)c1CN1CCN(C)C[C@@H]1C. The van der Waals surface area contributed by atoms with Crippen LogP contribution in [0, 0.1) is 6.92 Å². The van der Waals surface area contributed by atoms with E-state index in [4.69, 9.17) is 11.6 Å². The van der Waals surface area contributed by atoms with Crippen molar-refractivity contribution in [3.63, 3.8) is 0 Å². The topological polar surface area (TPSA) is 56.8 Å². The molecular weight excluding hydrogens is 468 g/mol. The molecule has 0 aliphatic carbocycles. The van der Waals surface area contributed by atoms with Crippen LogP contribution in [0.2, 0.25) is 5.02 Å². The Morgan fingerprint density at radius 3 is 2.59 bits per heavy atom. The van der Waals surface area contributed by atoms with Crippen molar-refractivity contribution < 1.29 is 9.59 Å². The number of likely N-dealkylation sites (N-methyl/N-ethyl adjacent to an activating group) is 1. The lowest BCUT2D eigenvalue weighted by atomic mass is 9.95. The average molecular weight is 497 g/mol. The third kappa shape index (κ3) is 4.50. The van der Waals surface area contributed by atoms with Gasteiger partial charge in [-0.2, -0.15) is 0 Å². The number of thiophene rings is 1. The molecule has 2 aliphatic rings. The zero-order valence-corrected chi connectivity index (χ0v) is 21.4. The highest BCUT2D eigenvalue weighted by atomic mass is 35.5. The second-order valence-corrected chi connectivity index (χ2v) is 11.1. The Hall–Kier alpha value is -2.32. The molecule has 34 heavy (non-hydrogen) atoms. The molecule has 1 atom stereocenters. The van der Waals surface area contributed by atoms with Gasteiger partial charge in [0.25, 0.3) is 0 Å². The van der Waals surface area contributed by atoms with Crippen LogP contribution in [0.5, 0.6) is 0 Å². The zero-order valence-electron chi connectivity index (χ0n) is 19.8. The highest BCUT2D eigenvalue weighted by Gasteiger charge is 2.29. The zero-order chi connectivity index (χ0) is 24.0. The van der Waals surface area contributed by atoms with Crippen LogP contribution in [0.1, 0.15) is 35.8 Å². The van der Waals surface area contributed by atoms with Crippen molar-refractivity contribution in [2.45, 2.75) is 45.8 Å². The Morgan fingerprint density at radius 2 is 1.85 bits per heavy atom. The van der Waals surface area contributed by atoms with E-state index in [1.165, 1.54) is 16.0 Å².